The van der Waals surface area contributed by atoms with Crippen molar-refractivity contribution in [2.75, 3.05) is 28.4 Å². The van der Waals surface area contributed by atoms with Gasteiger partial charge in [-0.1, -0.05) is 13.0 Å². The molecule has 0 aromatic heterocycles. The number of carbonyl (C=O) groups is 1. The Balaban J connectivity index is 1.95. The van der Waals surface area contributed by atoms with E-state index in [2.05, 4.69) is 12.2 Å². The average Bonchev–Trinajstić information content (AvgIpc) is 3.57. The molecule has 1 amide bonds. The van der Waals surface area contributed by atoms with Gasteiger partial charge in [0.2, 0.25) is 17.1 Å². The van der Waals surface area contributed by atoms with Crippen LogP contribution in [0.1, 0.15) is 36.9 Å². The van der Waals surface area contributed by atoms with E-state index in [9.17, 15) is 9.59 Å². The maximum Gasteiger partial charge on any atom is 0.223 e. The molecule has 2 aliphatic carbocycles. The molecule has 0 heterocycles. The number of hydrogen-bond donors (Lipinski definition) is 1. The highest BCUT2D eigenvalue weighted by Gasteiger charge is 2.40. The summed E-state index contributed by atoms with van der Waals surface area (Å²) in [6, 6.07) is 6.71. The number of nitrogens with one attached hydrogen (secondary N) is 1. The Labute approximate surface area is 187 Å². The van der Waals surface area contributed by atoms with E-state index in [0.29, 0.717) is 36.0 Å². The SMILES string of the molecule is COc1cc2c(c(OC)c1OC)-c1ccc(OC)c(=O)cc1[C@H](NC(=O)C1CC1C)CC2. The van der Waals surface area contributed by atoms with Crippen LogP contribution in [-0.2, 0) is 11.2 Å². The molecular formula is C25H29NO6. The molecule has 0 radical (unpaired) electrons. The quantitative estimate of drug-likeness (QED) is 0.742. The maximum atomic E-state index is 12.8. The molecule has 2 aromatic rings. The molecule has 2 aliphatic rings. The van der Waals surface area contributed by atoms with Gasteiger partial charge in [-0.15, -0.1) is 0 Å². The van der Waals surface area contributed by atoms with Gasteiger partial charge in [0.15, 0.2) is 17.2 Å². The first-order valence-electron chi connectivity index (χ1n) is 10.8. The van der Waals surface area contributed by atoms with E-state index in [1.807, 2.05) is 12.1 Å². The largest absolute Gasteiger partial charge is 0.493 e. The number of aryl methyl sites for hydroxylation is 1. The Morgan fingerprint density at radius 3 is 2.25 bits per heavy atom. The molecule has 0 spiro atoms. The molecule has 1 saturated carbocycles. The minimum absolute atomic E-state index is 0.0347. The van der Waals surface area contributed by atoms with E-state index in [1.165, 1.54) is 7.11 Å². The van der Waals surface area contributed by atoms with Gasteiger partial charge in [-0.25, -0.2) is 0 Å². The fourth-order valence-corrected chi connectivity index (χ4v) is 4.58. The highest BCUT2D eigenvalue weighted by atomic mass is 16.5. The van der Waals surface area contributed by atoms with E-state index in [1.54, 1.807) is 33.5 Å². The fraction of sp³-hybridized carbons (Fsp3) is 0.440. The number of fused-ring (bicyclic) bond motifs is 3. The van der Waals surface area contributed by atoms with Crippen LogP contribution in [0, 0.1) is 11.8 Å². The number of hydrogen-bond acceptors (Lipinski definition) is 6. The Hall–Kier alpha value is -3.22. The normalized spacial score (nSPS) is 20.8. The van der Waals surface area contributed by atoms with Crippen LogP contribution >= 0.6 is 0 Å². The Morgan fingerprint density at radius 1 is 0.969 bits per heavy atom. The first-order chi connectivity index (χ1) is 15.4. The summed E-state index contributed by atoms with van der Waals surface area (Å²) < 4.78 is 22.2. The van der Waals surface area contributed by atoms with Crippen molar-refractivity contribution in [1.29, 1.82) is 0 Å². The molecule has 0 saturated heterocycles. The summed E-state index contributed by atoms with van der Waals surface area (Å²) >= 11 is 0. The molecular weight excluding hydrogens is 410 g/mol. The van der Waals surface area contributed by atoms with Crippen molar-refractivity contribution in [3.63, 3.8) is 0 Å². The van der Waals surface area contributed by atoms with Crippen LogP contribution in [0.15, 0.2) is 29.1 Å². The molecule has 170 valence electrons. The zero-order valence-corrected chi connectivity index (χ0v) is 19.1. The zero-order chi connectivity index (χ0) is 23.0. The molecule has 0 bridgehead atoms. The Kier molecular flexibility index (Phi) is 6.00. The number of amides is 1. The second-order valence-corrected chi connectivity index (χ2v) is 8.38. The lowest BCUT2D eigenvalue weighted by atomic mass is 9.95. The molecule has 2 aromatic carbocycles. The van der Waals surface area contributed by atoms with E-state index in [4.69, 9.17) is 18.9 Å². The monoisotopic (exact) mass is 439 g/mol. The number of methoxy groups -OCH3 is 4. The Morgan fingerprint density at radius 2 is 1.66 bits per heavy atom. The van der Waals surface area contributed by atoms with Crippen molar-refractivity contribution in [2.45, 2.75) is 32.2 Å². The van der Waals surface area contributed by atoms with Crippen molar-refractivity contribution in [2.24, 2.45) is 11.8 Å². The third-order valence-corrected chi connectivity index (χ3v) is 6.48. The third kappa shape index (κ3) is 3.76. The van der Waals surface area contributed by atoms with Crippen molar-refractivity contribution in [3.8, 4) is 34.1 Å². The molecule has 1 N–H and O–H groups in total. The smallest absolute Gasteiger partial charge is 0.223 e. The van der Waals surface area contributed by atoms with Gasteiger partial charge in [0, 0.05) is 11.5 Å². The second-order valence-electron chi connectivity index (χ2n) is 8.38. The number of carbonyl (C=O) groups excluding carboxylic acids is 1. The van der Waals surface area contributed by atoms with Crippen LogP contribution in [0.4, 0.5) is 0 Å². The minimum atomic E-state index is -0.316. The number of ether oxygens (including phenoxy) is 4. The highest BCUT2D eigenvalue weighted by Crippen LogP contribution is 2.50. The molecule has 1 fully saturated rings. The van der Waals surface area contributed by atoms with Gasteiger partial charge in [0.1, 0.15) is 0 Å². The lowest BCUT2D eigenvalue weighted by molar-refractivity contribution is -0.123. The van der Waals surface area contributed by atoms with Gasteiger partial charge in [-0.2, -0.15) is 0 Å². The number of benzene rings is 1. The summed E-state index contributed by atoms with van der Waals surface area (Å²) in [6.45, 7) is 2.07. The predicted molar refractivity (Wildman–Crippen MR) is 121 cm³/mol. The minimum Gasteiger partial charge on any atom is -0.493 e. The van der Waals surface area contributed by atoms with Crippen molar-refractivity contribution in [3.05, 3.63) is 45.6 Å². The summed E-state index contributed by atoms with van der Waals surface area (Å²) in [7, 11) is 6.20. The van der Waals surface area contributed by atoms with E-state index < -0.39 is 0 Å². The summed E-state index contributed by atoms with van der Waals surface area (Å²) in [6.07, 6.45) is 2.20. The predicted octanol–water partition coefficient (Wildman–Crippen LogP) is 3.51. The van der Waals surface area contributed by atoms with E-state index in [-0.39, 0.29) is 29.0 Å². The molecule has 0 aliphatic heterocycles. The summed E-state index contributed by atoms with van der Waals surface area (Å²) in [5.74, 6) is 2.29. The first kappa shape index (κ1) is 22.0. The lowest BCUT2D eigenvalue weighted by Gasteiger charge is -2.20. The third-order valence-electron chi connectivity index (χ3n) is 6.48. The lowest BCUT2D eigenvalue weighted by Crippen LogP contribution is -2.30. The van der Waals surface area contributed by atoms with Gasteiger partial charge >= 0.3 is 0 Å². The van der Waals surface area contributed by atoms with Crippen molar-refractivity contribution in [1.82, 2.24) is 5.32 Å². The van der Waals surface area contributed by atoms with Crippen LogP contribution in [-0.4, -0.2) is 34.3 Å². The van der Waals surface area contributed by atoms with Crippen LogP contribution in [0.5, 0.6) is 23.0 Å². The van der Waals surface area contributed by atoms with Crippen LogP contribution < -0.4 is 29.7 Å². The first-order valence-corrected chi connectivity index (χ1v) is 10.8. The van der Waals surface area contributed by atoms with Gasteiger partial charge < -0.3 is 24.3 Å². The standard InChI is InChI=1S/C25H29NO6/c1-13-10-16(13)25(28)26-18-8-6-14-11-21(30-3)23(31-4)24(32-5)22(14)15-7-9-20(29-2)19(27)12-17(15)18/h7,9,11-13,16,18H,6,8,10H2,1-5H3,(H,26,28)/t13?,16?,18-/m1/s1. The Bertz CT molecular complexity index is 1110. The summed E-state index contributed by atoms with van der Waals surface area (Å²) in [5.41, 5.74) is 3.12. The van der Waals surface area contributed by atoms with Gasteiger partial charge in [0.25, 0.3) is 0 Å². The molecule has 4 rings (SSSR count). The molecule has 32 heavy (non-hydrogen) atoms. The summed E-state index contributed by atoms with van der Waals surface area (Å²) in [5, 5.41) is 3.19. The average molecular weight is 440 g/mol. The zero-order valence-electron chi connectivity index (χ0n) is 19.1. The molecule has 3 atom stereocenters. The van der Waals surface area contributed by atoms with Gasteiger partial charge in [-0.05, 0) is 60.1 Å². The second kappa shape index (κ2) is 8.73. The van der Waals surface area contributed by atoms with Crippen molar-refractivity contribution < 1.29 is 23.7 Å². The van der Waals surface area contributed by atoms with Crippen LogP contribution in [0.25, 0.3) is 11.1 Å². The topological polar surface area (TPSA) is 83.1 Å². The van der Waals surface area contributed by atoms with Crippen molar-refractivity contribution >= 4 is 5.91 Å². The van der Waals surface area contributed by atoms with E-state index in [0.717, 1.165) is 28.7 Å². The van der Waals surface area contributed by atoms with Gasteiger partial charge in [0.05, 0.1) is 34.5 Å². The molecule has 7 nitrogen and oxygen atoms in total. The maximum absolute atomic E-state index is 12.8. The molecule has 2 unspecified atom stereocenters. The number of rotatable bonds is 6. The fourth-order valence-electron chi connectivity index (χ4n) is 4.58. The van der Waals surface area contributed by atoms with Crippen LogP contribution in [0.2, 0.25) is 0 Å². The highest BCUT2D eigenvalue weighted by molar-refractivity contribution is 5.85. The summed E-state index contributed by atoms with van der Waals surface area (Å²) in [4.78, 5) is 25.7. The molecule has 7 heteroatoms. The van der Waals surface area contributed by atoms with Crippen LogP contribution in [0.3, 0.4) is 0 Å². The van der Waals surface area contributed by atoms with E-state index >= 15 is 0 Å². The van der Waals surface area contributed by atoms with Gasteiger partial charge in [-0.3, -0.25) is 9.59 Å².